The highest BCUT2D eigenvalue weighted by atomic mass is 32.2. The number of anilines is 1. The molecule has 0 spiro atoms. The van der Waals surface area contributed by atoms with Gasteiger partial charge in [-0.05, 0) is 79.1 Å². The third-order valence-electron chi connectivity index (χ3n) is 4.65. The summed E-state index contributed by atoms with van der Waals surface area (Å²) in [4.78, 5) is 23.9. The summed E-state index contributed by atoms with van der Waals surface area (Å²) in [5, 5.41) is 14.9. The van der Waals surface area contributed by atoms with Crippen LogP contribution in [0.25, 0.3) is 5.69 Å². The van der Waals surface area contributed by atoms with E-state index < -0.39 is 5.25 Å². The van der Waals surface area contributed by atoms with Gasteiger partial charge in [-0.15, -0.1) is 5.10 Å². The molecule has 0 saturated carbocycles. The molecule has 3 aromatic rings. The van der Waals surface area contributed by atoms with E-state index in [-0.39, 0.29) is 11.7 Å². The van der Waals surface area contributed by atoms with E-state index in [0.717, 1.165) is 24.9 Å². The first-order chi connectivity index (χ1) is 14.5. The van der Waals surface area contributed by atoms with Crippen molar-refractivity contribution >= 4 is 29.1 Å². The standard InChI is InChI=1S/C22H25N5O2S/c1-4-5-6-17-7-13-20(14-8-17)27-22(24-25-26-27)30-16(3)21(29)23-19-11-9-18(10-12-19)15(2)28/h7-14,16H,4-6H2,1-3H3,(H,23,29)/t16-/m0/s1. The Hall–Kier alpha value is -3.00. The van der Waals surface area contributed by atoms with Crippen LogP contribution in [0.3, 0.4) is 0 Å². The Morgan fingerprint density at radius 1 is 1.10 bits per heavy atom. The Morgan fingerprint density at radius 3 is 2.43 bits per heavy atom. The summed E-state index contributed by atoms with van der Waals surface area (Å²) in [5.74, 6) is -0.179. The number of ketones is 1. The lowest BCUT2D eigenvalue weighted by atomic mass is 10.1. The van der Waals surface area contributed by atoms with Crippen molar-refractivity contribution in [2.75, 3.05) is 5.32 Å². The Morgan fingerprint density at radius 2 is 1.80 bits per heavy atom. The molecule has 0 fully saturated rings. The quantitative estimate of drug-likeness (QED) is 0.407. The molecule has 0 saturated heterocycles. The first-order valence-corrected chi connectivity index (χ1v) is 10.8. The Bertz CT molecular complexity index is 999. The Kier molecular flexibility index (Phi) is 7.35. The topological polar surface area (TPSA) is 89.8 Å². The van der Waals surface area contributed by atoms with Gasteiger partial charge in [0.1, 0.15) is 0 Å². The minimum Gasteiger partial charge on any atom is -0.325 e. The number of nitrogens with one attached hydrogen (secondary N) is 1. The number of hydrogen-bond donors (Lipinski definition) is 1. The van der Waals surface area contributed by atoms with Gasteiger partial charge in [0.05, 0.1) is 10.9 Å². The molecule has 0 bridgehead atoms. The van der Waals surface area contributed by atoms with Crippen LogP contribution in [0.4, 0.5) is 5.69 Å². The second-order valence-corrected chi connectivity index (χ2v) is 8.33. The van der Waals surface area contributed by atoms with Crippen molar-refractivity contribution in [1.29, 1.82) is 0 Å². The third-order valence-corrected chi connectivity index (χ3v) is 5.68. The molecule has 0 radical (unpaired) electrons. The van der Waals surface area contributed by atoms with Crippen LogP contribution in [0.1, 0.15) is 49.5 Å². The number of amides is 1. The number of carbonyl (C=O) groups excluding carboxylic acids is 2. The highest BCUT2D eigenvalue weighted by Gasteiger charge is 2.19. The van der Waals surface area contributed by atoms with Crippen molar-refractivity contribution < 1.29 is 9.59 Å². The van der Waals surface area contributed by atoms with Gasteiger partial charge in [0, 0.05) is 11.3 Å². The zero-order chi connectivity index (χ0) is 21.5. The molecule has 0 aliphatic carbocycles. The molecule has 1 heterocycles. The van der Waals surface area contributed by atoms with E-state index in [9.17, 15) is 9.59 Å². The van der Waals surface area contributed by atoms with Crippen LogP contribution < -0.4 is 5.32 Å². The minimum absolute atomic E-state index is 0.0120. The summed E-state index contributed by atoms with van der Waals surface area (Å²) in [5.41, 5.74) is 3.39. The molecule has 0 unspecified atom stereocenters. The minimum atomic E-state index is -0.411. The van der Waals surface area contributed by atoms with Gasteiger partial charge in [-0.1, -0.05) is 37.2 Å². The van der Waals surface area contributed by atoms with E-state index in [1.54, 1.807) is 35.9 Å². The van der Waals surface area contributed by atoms with Crippen LogP contribution in [-0.2, 0) is 11.2 Å². The lowest BCUT2D eigenvalue weighted by Crippen LogP contribution is -2.23. The van der Waals surface area contributed by atoms with E-state index in [1.807, 2.05) is 12.1 Å². The molecule has 1 amide bonds. The van der Waals surface area contributed by atoms with Gasteiger partial charge in [-0.2, -0.15) is 4.68 Å². The number of unbranched alkanes of at least 4 members (excludes halogenated alkanes) is 1. The molecule has 3 rings (SSSR count). The predicted octanol–water partition coefficient (Wildman–Crippen LogP) is 4.33. The number of aromatic nitrogens is 4. The lowest BCUT2D eigenvalue weighted by molar-refractivity contribution is -0.115. The van der Waals surface area contributed by atoms with Crippen molar-refractivity contribution in [1.82, 2.24) is 20.2 Å². The fourth-order valence-corrected chi connectivity index (χ4v) is 3.65. The Labute approximate surface area is 180 Å². The summed E-state index contributed by atoms with van der Waals surface area (Å²) >= 11 is 1.29. The van der Waals surface area contributed by atoms with Crippen molar-refractivity contribution in [3.63, 3.8) is 0 Å². The number of nitrogens with zero attached hydrogens (tertiary/aromatic N) is 4. The number of benzene rings is 2. The van der Waals surface area contributed by atoms with Gasteiger partial charge in [0.25, 0.3) is 0 Å². The fourth-order valence-electron chi connectivity index (χ4n) is 2.84. The van der Waals surface area contributed by atoms with Crippen molar-refractivity contribution in [3.8, 4) is 5.69 Å². The molecular weight excluding hydrogens is 398 g/mol. The number of carbonyl (C=O) groups is 2. The number of rotatable bonds is 9. The van der Waals surface area contributed by atoms with Crippen LogP contribution in [0.15, 0.2) is 53.7 Å². The molecular formula is C22H25N5O2S. The smallest absolute Gasteiger partial charge is 0.237 e. The molecule has 8 heteroatoms. The van der Waals surface area contributed by atoms with E-state index in [0.29, 0.717) is 16.4 Å². The molecule has 1 atom stereocenters. The average Bonchev–Trinajstić information content (AvgIpc) is 3.21. The number of Topliss-reactive ketones (excluding diaryl/α,β-unsaturated/α-hetero) is 1. The molecule has 156 valence electrons. The van der Waals surface area contributed by atoms with Gasteiger partial charge in [-0.25, -0.2) is 0 Å². The van der Waals surface area contributed by atoms with E-state index >= 15 is 0 Å². The van der Waals surface area contributed by atoms with Crippen molar-refractivity contribution in [2.45, 2.75) is 50.4 Å². The third kappa shape index (κ3) is 5.54. The van der Waals surface area contributed by atoms with Crippen LogP contribution in [0.5, 0.6) is 0 Å². The first-order valence-electron chi connectivity index (χ1n) is 9.94. The molecule has 2 aromatic carbocycles. The van der Waals surface area contributed by atoms with Crippen LogP contribution >= 0.6 is 11.8 Å². The number of hydrogen-bond acceptors (Lipinski definition) is 6. The van der Waals surface area contributed by atoms with Crippen molar-refractivity contribution in [2.24, 2.45) is 0 Å². The molecule has 7 nitrogen and oxygen atoms in total. The van der Waals surface area contributed by atoms with Crippen LogP contribution in [-0.4, -0.2) is 37.1 Å². The van der Waals surface area contributed by atoms with Gasteiger partial charge in [-0.3, -0.25) is 9.59 Å². The normalized spacial score (nSPS) is 11.8. The number of tetrazole rings is 1. The number of aryl methyl sites for hydroxylation is 1. The van der Waals surface area contributed by atoms with Gasteiger partial charge in [0.15, 0.2) is 5.78 Å². The van der Waals surface area contributed by atoms with Crippen molar-refractivity contribution in [3.05, 3.63) is 59.7 Å². The molecule has 1 aromatic heterocycles. The highest BCUT2D eigenvalue weighted by Crippen LogP contribution is 2.24. The van der Waals surface area contributed by atoms with Gasteiger partial charge in [0.2, 0.25) is 11.1 Å². The van der Waals surface area contributed by atoms with Gasteiger partial charge >= 0.3 is 0 Å². The average molecular weight is 424 g/mol. The monoisotopic (exact) mass is 423 g/mol. The molecule has 1 N–H and O–H groups in total. The Balaban J connectivity index is 1.64. The summed E-state index contributed by atoms with van der Waals surface area (Å²) < 4.78 is 1.64. The van der Waals surface area contributed by atoms with Crippen LogP contribution in [0.2, 0.25) is 0 Å². The number of thioether (sulfide) groups is 1. The highest BCUT2D eigenvalue weighted by molar-refractivity contribution is 8.00. The van der Waals surface area contributed by atoms with Gasteiger partial charge < -0.3 is 5.32 Å². The SMILES string of the molecule is CCCCc1ccc(-n2nnnc2S[C@@H](C)C(=O)Nc2ccc(C(C)=O)cc2)cc1. The zero-order valence-electron chi connectivity index (χ0n) is 17.3. The largest absolute Gasteiger partial charge is 0.325 e. The molecule has 30 heavy (non-hydrogen) atoms. The van der Waals surface area contributed by atoms with E-state index in [2.05, 4.69) is 39.9 Å². The summed E-state index contributed by atoms with van der Waals surface area (Å²) in [6.07, 6.45) is 3.38. The summed E-state index contributed by atoms with van der Waals surface area (Å²) in [6, 6.07) is 15.0. The maximum absolute atomic E-state index is 12.6. The summed E-state index contributed by atoms with van der Waals surface area (Å²) in [7, 11) is 0. The van der Waals surface area contributed by atoms with E-state index in [1.165, 1.54) is 24.2 Å². The second-order valence-electron chi connectivity index (χ2n) is 7.03. The van der Waals surface area contributed by atoms with E-state index in [4.69, 9.17) is 0 Å². The predicted molar refractivity (Wildman–Crippen MR) is 118 cm³/mol. The summed E-state index contributed by atoms with van der Waals surface area (Å²) in [6.45, 7) is 5.49. The first kappa shape index (κ1) is 21.7. The fraction of sp³-hybridized carbons (Fsp3) is 0.318. The molecule has 0 aliphatic heterocycles. The maximum atomic E-state index is 12.6. The maximum Gasteiger partial charge on any atom is 0.237 e. The van der Waals surface area contributed by atoms with Crippen LogP contribution in [0, 0.1) is 0 Å². The second kappa shape index (κ2) is 10.2. The zero-order valence-corrected chi connectivity index (χ0v) is 18.1. The molecule has 0 aliphatic rings. The lowest BCUT2D eigenvalue weighted by Gasteiger charge is -2.12.